The van der Waals surface area contributed by atoms with Crippen LogP contribution in [0.4, 0.5) is 5.69 Å². The Balaban J connectivity index is 2.00. The Morgan fingerprint density at radius 2 is 2.04 bits per heavy atom. The van der Waals surface area contributed by atoms with Crippen molar-refractivity contribution in [3.05, 3.63) is 41.1 Å². The fourth-order valence-electron chi connectivity index (χ4n) is 2.76. The van der Waals surface area contributed by atoms with Crippen molar-refractivity contribution in [1.82, 2.24) is 9.80 Å². The molecule has 1 amide bonds. The van der Waals surface area contributed by atoms with Gasteiger partial charge in [-0.2, -0.15) is 5.26 Å². The monoisotopic (exact) mass is 327 g/mol. The van der Waals surface area contributed by atoms with E-state index in [1.165, 1.54) is 0 Å². The van der Waals surface area contributed by atoms with Crippen LogP contribution in [-0.4, -0.2) is 55.0 Å². The van der Waals surface area contributed by atoms with E-state index >= 15 is 0 Å². The van der Waals surface area contributed by atoms with Gasteiger partial charge in [-0.15, -0.1) is 0 Å². The quantitative estimate of drug-likeness (QED) is 0.627. The van der Waals surface area contributed by atoms with Gasteiger partial charge in [0.2, 0.25) is 0 Å². The van der Waals surface area contributed by atoms with Crippen molar-refractivity contribution < 1.29 is 4.79 Å². The van der Waals surface area contributed by atoms with E-state index in [-0.39, 0.29) is 11.5 Å². The maximum Gasteiger partial charge on any atom is 0.267 e. The molecule has 128 valence electrons. The molecule has 0 spiro atoms. The number of anilines is 1. The molecule has 6 nitrogen and oxygen atoms in total. The molecule has 1 aromatic carbocycles. The minimum Gasteiger partial charge on any atom is -0.374 e. The number of aryl methyl sites for hydroxylation is 2. The fourth-order valence-corrected chi connectivity index (χ4v) is 2.76. The highest BCUT2D eigenvalue weighted by molar-refractivity contribution is 6.06. The van der Waals surface area contributed by atoms with Gasteiger partial charge in [0.05, 0.1) is 0 Å². The highest BCUT2D eigenvalue weighted by atomic mass is 16.1. The predicted molar refractivity (Wildman–Crippen MR) is 95.3 cm³/mol. The number of amides is 1. The Morgan fingerprint density at radius 1 is 1.33 bits per heavy atom. The van der Waals surface area contributed by atoms with Crippen molar-refractivity contribution in [2.45, 2.75) is 13.8 Å². The zero-order valence-electron chi connectivity index (χ0n) is 14.4. The third-order valence-electron chi connectivity index (χ3n) is 4.16. The van der Waals surface area contributed by atoms with Gasteiger partial charge in [-0.25, -0.2) is 0 Å². The molecular weight excluding hydrogens is 302 g/mol. The number of benzene rings is 1. The standard InChI is InChI=1S/C18H25N5O/c1-14-3-4-17(15(2)11-14)21-18(24)16(12-20)13-23-9-7-22(6-5-19)8-10-23/h3-4,11,13H,5-10,19H2,1-2H3,(H,21,24)/b16-13-. The number of nitrogens with one attached hydrogen (secondary N) is 1. The Bertz CT molecular complexity index is 654. The van der Waals surface area contributed by atoms with Gasteiger partial charge in [-0.1, -0.05) is 17.7 Å². The van der Waals surface area contributed by atoms with Crippen LogP contribution in [0.5, 0.6) is 0 Å². The zero-order chi connectivity index (χ0) is 17.5. The van der Waals surface area contributed by atoms with Crippen LogP contribution in [-0.2, 0) is 4.79 Å². The number of carbonyl (C=O) groups is 1. The molecule has 24 heavy (non-hydrogen) atoms. The first kappa shape index (κ1) is 18.0. The van der Waals surface area contributed by atoms with Crippen molar-refractivity contribution in [3.63, 3.8) is 0 Å². The Hall–Kier alpha value is -2.36. The third-order valence-corrected chi connectivity index (χ3v) is 4.16. The molecule has 0 radical (unpaired) electrons. The second kappa shape index (κ2) is 8.48. The maximum absolute atomic E-state index is 12.4. The fraction of sp³-hybridized carbons (Fsp3) is 0.444. The van der Waals surface area contributed by atoms with Gasteiger partial charge in [0.25, 0.3) is 5.91 Å². The van der Waals surface area contributed by atoms with Crippen LogP contribution in [0.3, 0.4) is 0 Å². The van der Waals surface area contributed by atoms with Crippen LogP contribution in [0, 0.1) is 25.2 Å². The van der Waals surface area contributed by atoms with E-state index in [1.807, 2.05) is 43.0 Å². The summed E-state index contributed by atoms with van der Waals surface area (Å²) in [5.74, 6) is -0.367. The molecule has 1 fully saturated rings. The van der Waals surface area contributed by atoms with Crippen molar-refractivity contribution in [1.29, 1.82) is 5.26 Å². The van der Waals surface area contributed by atoms with E-state index in [0.29, 0.717) is 6.54 Å². The largest absolute Gasteiger partial charge is 0.374 e. The molecule has 0 aromatic heterocycles. The lowest BCUT2D eigenvalue weighted by molar-refractivity contribution is -0.112. The second-order valence-electron chi connectivity index (χ2n) is 6.09. The Labute approximate surface area is 143 Å². The smallest absolute Gasteiger partial charge is 0.267 e. The predicted octanol–water partition coefficient (Wildman–Crippen LogP) is 1.23. The normalized spacial score (nSPS) is 15.9. The van der Waals surface area contributed by atoms with Crippen molar-refractivity contribution in [2.24, 2.45) is 5.73 Å². The summed E-state index contributed by atoms with van der Waals surface area (Å²) in [6.07, 6.45) is 1.67. The van der Waals surface area contributed by atoms with Crippen LogP contribution in [0.2, 0.25) is 0 Å². The minimum absolute atomic E-state index is 0.127. The molecule has 1 saturated heterocycles. The lowest BCUT2D eigenvalue weighted by Gasteiger charge is -2.33. The van der Waals surface area contributed by atoms with E-state index in [2.05, 4.69) is 10.2 Å². The summed E-state index contributed by atoms with van der Waals surface area (Å²) in [7, 11) is 0. The van der Waals surface area contributed by atoms with Gasteiger partial charge in [-0.05, 0) is 25.5 Å². The summed E-state index contributed by atoms with van der Waals surface area (Å²) < 4.78 is 0. The zero-order valence-corrected chi connectivity index (χ0v) is 14.4. The molecular formula is C18H25N5O. The SMILES string of the molecule is Cc1ccc(NC(=O)/C(C#N)=C\N2CCN(CCN)CC2)c(C)c1. The van der Waals surface area contributed by atoms with E-state index in [4.69, 9.17) is 5.73 Å². The highest BCUT2D eigenvalue weighted by Gasteiger charge is 2.17. The minimum atomic E-state index is -0.367. The van der Waals surface area contributed by atoms with Gasteiger partial charge in [0.15, 0.2) is 0 Å². The molecule has 0 aliphatic carbocycles. The molecule has 0 bridgehead atoms. The summed E-state index contributed by atoms with van der Waals surface area (Å²) >= 11 is 0. The Morgan fingerprint density at radius 3 is 2.62 bits per heavy atom. The number of rotatable bonds is 5. The van der Waals surface area contributed by atoms with Crippen LogP contribution >= 0.6 is 0 Å². The van der Waals surface area contributed by atoms with Gasteiger partial charge >= 0.3 is 0 Å². The van der Waals surface area contributed by atoms with Crippen LogP contribution < -0.4 is 11.1 Å². The summed E-state index contributed by atoms with van der Waals surface area (Å²) in [4.78, 5) is 16.7. The highest BCUT2D eigenvalue weighted by Crippen LogP contribution is 2.17. The van der Waals surface area contributed by atoms with Gasteiger partial charge in [0.1, 0.15) is 11.6 Å². The van der Waals surface area contributed by atoms with Crippen molar-refractivity contribution in [3.8, 4) is 6.07 Å². The first-order valence-corrected chi connectivity index (χ1v) is 8.20. The number of piperazine rings is 1. The molecule has 1 aliphatic heterocycles. The molecule has 6 heteroatoms. The van der Waals surface area contributed by atoms with E-state index in [9.17, 15) is 10.1 Å². The number of nitrogens with two attached hydrogens (primary N) is 1. The average molecular weight is 327 g/mol. The summed E-state index contributed by atoms with van der Waals surface area (Å²) in [6.45, 7) is 8.85. The molecule has 3 N–H and O–H groups in total. The molecule has 1 heterocycles. The van der Waals surface area contributed by atoms with Crippen molar-refractivity contribution in [2.75, 3.05) is 44.6 Å². The van der Waals surface area contributed by atoms with Crippen molar-refractivity contribution >= 4 is 11.6 Å². The number of nitrogens with zero attached hydrogens (tertiary/aromatic N) is 3. The lowest BCUT2D eigenvalue weighted by Crippen LogP contribution is -2.45. The first-order chi connectivity index (χ1) is 11.5. The van der Waals surface area contributed by atoms with E-state index in [1.54, 1.807) is 6.20 Å². The van der Waals surface area contributed by atoms with Gasteiger partial charge in [-0.3, -0.25) is 9.69 Å². The third kappa shape index (κ3) is 4.82. The number of nitriles is 1. The molecule has 0 unspecified atom stereocenters. The molecule has 1 aromatic rings. The average Bonchev–Trinajstić information content (AvgIpc) is 2.57. The number of hydrogen-bond donors (Lipinski definition) is 2. The summed E-state index contributed by atoms with van der Waals surface area (Å²) in [5.41, 5.74) is 8.55. The molecule has 1 aliphatic rings. The van der Waals surface area contributed by atoms with E-state index in [0.717, 1.165) is 49.5 Å². The van der Waals surface area contributed by atoms with Gasteiger partial charge in [0, 0.05) is 51.2 Å². The molecule has 0 saturated carbocycles. The Kier molecular flexibility index (Phi) is 6.36. The van der Waals surface area contributed by atoms with Crippen LogP contribution in [0.1, 0.15) is 11.1 Å². The van der Waals surface area contributed by atoms with E-state index < -0.39 is 0 Å². The number of carbonyl (C=O) groups excluding carboxylic acids is 1. The maximum atomic E-state index is 12.4. The summed E-state index contributed by atoms with van der Waals surface area (Å²) in [5, 5.41) is 12.1. The second-order valence-corrected chi connectivity index (χ2v) is 6.09. The number of hydrogen-bond acceptors (Lipinski definition) is 5. The first-order valence-electron chi connectivity index (χ1n) is 8.20. The molecule has 2 rings (SSSR count). The van der Waals surface area contributed by atoms with Crippen LogP contribution in [0.25, 0.3) is 0 Å². The summed E-state index contributed by atoms with van der Waals surface area (Å²) in [6, 6.07) is 7.82. The molecule has 0 atom stereocenters. The van der Waals surface area contributed by atoms with Crippen LogP contribution in [0.15, 0.2) is 30.0 Å². The van der Waals surface area contributed by atoms with Gasteiger partial charge < -0.3 is 16.0 Å². The topological polar surface area (TPSA) is 85.4 Å². The lowest BCUT2D eigenvalue weighted by atomic mass is 10.1.